The summed E-state index contributed by atoms with van der Waals surface area (Å²) < 4.78 is 7.21. The number of nitrogens with one attached hydrogen (secondary N) is 3. The van der Waals surface area contributed by atoms with Crippen molar-refractivity contribution in [1.29, 1.82) is 0 Å². The number of quaternary nitrogens is 1. The Morgan fingerprint density at radius 1 is 0.833 bits per heavy atom. The maximum atomic E-state index is 14.3. The Kier molecular flexibility index (Phi) is 9.31. The SMILES string of the molecule is COc1ccc(C(c2c([O-])n(-c3cccc(Cl)c3)c(=O)[nH]c2=O)c2c(O)n(-c3cccc(Cl)c3)c(=O)[nH]c2=O)cc1C[NH+]1CCCCC1. The van der Waals surface area contributed by atoms with Crippen molar-refractivity contribution in [3.05, 3.63) is 141 Å². The molecule has 3 heterocycles. The molecule has 1 aliphatic heterocycles. The molecule has 0 radical (unpaired) electrons. The topological polar surface area (TPSA) is 167 Å². The van der Waals surface area contributed by atoms with Gasteiger partial charge in [0.25, 0.3) is 11.1 Å². The van der Waals surface area contributed by atoms with Crippen molar-refractivity contribution < 1.29 is 19.8 Å². The van der Waals surface area contributed by atoms with E-state index in [0.29, 0.717) is 12.3 Å². The highest BCUT2D eigenvalue weighted by Crippen LogP contribution is 2.38. The van der Waals surface area contributed by atoms with Gasteiger partial charge in [-0.15, -0.1) is 0 Å². The first-order valence-corrected chi connectivity index (χ1v) is 16.0. The summed E-state index contributed by atoms with van der Waals surface area (Å²) in [6, 6.07) is 16.9. The van der Waals surface area contributed by atoms with Gasteiger partial charge in [0.15, 0.2) is 0 Å². The van der Waals surface area contributed by atoms with Gasteiger partial charge in [-0.1, -0.05) is 41.4 Å². The number of piperidine rings is 1. The number of rotatable bonds is 8. The molecular weight excluding hydrogens is 661 g/mol. The van der Waals surface area contributed by atoms with Crippen LogP contribution in [0.4, 0.5) is 0 Å². The lowest BCUT2D eigenvalue weighted by Crippen LogP contribution is -3.11. The first-order chi connectivity index (χ1) is 23.1. The van der Waals surface area contributed by atoms with Gasteiger partial charge in [-0.25, -0.2) is 14.2 Å². The van der Waals surface area contributed by atoms with E-state index in [1.165, 1.54) is 42.3 Å². The molecular formula is C34H31Cl2N5O7. The van der Waals surface area contributed by atoms with E-state index in [1.807, 2.05) is 0 Å². The van der Waals surface area contributed by atoms with Crippen molar-refractivity contribution in [3.8, 4) is 28.9 Å². The number of hydrogen-bond acceptors (Lipinski definition) is 7. The number of benzene rings is 3. The second-order valence-electron chi connectivity index (χ2n) is 11.6. The second kappa shape index (κ2) is 13.6. The van der Waals surface area contributed by atoms with Crippen LogP contribution in [0.1, 0.15) is 47.4 Å². The summed E-state index contributed by atoms with van der Waals surface area (Å²) in [4.78, 5) is 59.4. The van der Waals surface area contributed by atoms with E-state index >= 15 is 0 Å². The van der Waals surface area contributed by atoms with Crippen LogP contribution in [-0.2, 0) is 6.54 Å². The van der Waals surface area contributed by atoms with E-state index in [-0.39, 0.29) is 27.0 Å². The Hall–Kier alpha value is -5.04. The van der Waals surface area contributed by atoms with Crippen molar-refractivity contribution in [1.82, 2.24) is 19.1 Å². The number of aromatic nitrogens is 4. The Labute approximate surface area is 283 Å². The smallest absolute Gasteiger partial charge is 0.335 e. The van der Waals surface area contributed by atoms with Crippen LogP contribution >= 0.6 is 23.2 Å². The number of ether oxygens (including phenoxy) is 1. The summed E-state index contributed by atoms with van der Waals surface area (Å²) in [5.41, 5.74) is -3.96. The van der Waals surface area contributed by atoms with E-state index in [0.717, 1.165) is 47.0 Å². The monoisotopic (exact) mass is 691 g/mol. The third-order valence-electron chi connectivity index (χ3n) is 8.57. The van der Waals surface area contributed by atoms with Gasteiger partial charge in [-0.05, 0) is 79.2 Å². The minimum Gasteiger partial charge on any atom is -0.859 e. The fourth-order valence-corrected chi connectivity index (χ4v) is 6.75. The molecule has 248 valence electrons. The number of halogens is 2. The van der Waals surface area contributed by atoms with Gasteiger partial charge in [0.2, 0.25) is 5.88 Å². The van der Waals surface area contributed by atoms with E-state index < -0.39 is 51.3 Å². The van der Waals surface area contributed by atoms with Crippen LogP contribution in [0, 0.1) is 0 Å². The van der Waals surface area contributed by atoms with Gasteiger partial charge < -0.3 is 19.8 Å². The van der Waals surface area contributed by atoms with Gasteiger partial charge in [0, 0.05) is 21.2 Å². The molecule has 5 aromatic rings. The third-order valence-corrected chi connectivity index (χ3v) is 9.04. The highest BCUT2D eigenvalue weighted by molar-refractivity contribution is 6.31. The lowest BCUT2D eigenvalue weighted by Gasteiger charge is -2.28. The van der Waals surface area contributed by atoms with Crippen molar-refractivity contribution in [3.63, 3.8) is 0 Å². The van der Waals surface area contributed by atoms with E-state index in [2.05, 4.69) is 9.97 Å². The van der Waals surface area contributed by atoms with Crippen LogP contribution in [0.2, 0.25) is 10.0 Å². The summed E-state index contributed by atoms with van der Waals surface area (Å²) in [6.45, 7) is 2.43. The zero-order valence-electron chi connectivity index (χ0n) is 25.7. The predicted molar refractivity (Wildman–Crippen MR) is 179 cm³/mol. The molecule has 3 aromatic carbocycles. The third kappa shape index (κ3) is 6.29. The molecule has 1 fully saturated rings. The molecule has 0 saturated carbocycles. The summed E-state index contributed by atoms with van der Waals surface area (Å²) in [7, 11) is 1.53. The van der Waals surface area contributed by atoms with Gasteiger partial charge in [-0.3, -0.25) is 24.1 Å². The van der Waals surface area contributed by atoms with Crippen LogP contribution < -0.4 is 37.2 Å². The maximum absolute atomic E-state index is 14.3. The average molecular weight is 693 g/mol. The van der Waals surface area contributed by atoms with Crippen molar-refractivity contribution in [2.24, 2.45) is 0 Å². The fourth-order valence-electron chi connectivity index (χ4n) is 6.38. The first-order valence-electron chi connectivity index (χ1n) is 15.2. The van der Waals surface area contributed by atoms with Gasteiger partial charge >= 0.3 is 11.4 Å². The Balaban J connectivity index is 1.67. The number of likely N-dealkylation sites (tertiary alicyclic amines) is 1. The molecule has 14 heteroatoms. The van der Waals surface area contributed by atoms with Crippen LogP contribution in [0.25, 0.3) is 11.4 Å². The highest BCUT2D eigenvalue weighted by Gasteiger charge is 2.32. The Morgan fingerprint density at radius 3 is 2.02 bits per heavy atom. The summed E-state index contributed by atoms with van der Waals surface area (Å²) >= 11 is 12.4. The van der Waals surface area contributed by atoms with Crippen molar-refractivity contribution in [2.45, 2.75) is 31.7 Å². The van der Waals surface area contributed by atoms with Crippen LogP contribution in [-0.4, -0.2) is 44.4 Å². The highest BCUT2D eigenvalue weighted by atomic mass is 35.5. The largest absolute Gasteiger partial charge is 0.859 e. The van der Waals surface area contributed by atoms with Crippen molar-refractivity contribution in [2.75, 3.05) is 20.2 Å². The molecule has 6 rings (SSSR count). The summed E-state index contributed by atoms with van der Waals surface area (Å²) in [5.74, 6) is -2.88. The molecule has 2 aromatic heterocycles. The number of methoxy groups -OCH3 is 1. The van der Waals surface area contributed by atoms with E-state index in [9.17, 15) is 29.4 Å². The number of H-pyrrole nitrogens is 2. The average Bonchev–Trinajstić information content (AvgIpc) is 3.04. The van der Waals surface area contributed by atoms with E-state index in [4.69, 9.17) is 27.9 Å². The Morgan fingerprint density at radius 2 is 1.42 bits per heavy atom. The maximum Gasteiger partial charge on any atom is 0.335 e. The molecule has 12 nitrogen and oxygen atoms in total. The standard InChI is InChI=1S/C34H31Cl2N5O7/c1-48-25-12-11-19(15-20(25)18-39-13-3-2-4-14-39)26(27-29(42)37-33(46)40(31(27)44)23-9-5-7-21(35)16-23)28-30(43)38-34(47)41(32(28)45)24-10-6-8-22(36)17-24/h5-12,15-17,26,44-45H,2-4,13-14,18H2,1H3,(H,37,42,46)(H,38,43,47). The van der Waals surface area contributed by atoms with Gasteiger partial charge in [0.05, 0.1) is 43.1 Å². The zero-order valence-corrected chi connectivity index (χ0v) is 27.2. The second-order valence-corrected chi connectivity index (χ2v) is 12.5. The normalized spacial score (nSPS) is 14.1. The van der Waals surface area contributed by atoms with Crippen molar-refractivity contribution >= 4 is 23.2 Å². The first kappa shape index (κ1) is 32.9. The summed E-state index contributed by atoms with van der Waals surface area (Å²) in [6.07, 6.45) is 3.27. The molecule has 0 aliphatic carbocycles. The number of nitrogens with zero attached hydrogens (tertiary/aromatic N) is 2. The van der Waals surface area contributed by atoms with Crippen LogP contribution in [0.5, 0.6) is 17.5 Å². The Bertz CT molecular complexity index is 2130. The molecule has 0 bridgehead atoms. The molecule has 0 spiro atoms. The molecule has 0 amide bonds. The minimum absolute atomic E-state index is 0.0693. The number of hydrogen-bond donors (Lipinski definition) is 4. The molecule has 48 heavy (non-hydrogen) atoms. The molecule has 4 N–H and O–H groups in total. The van der Waals surface area contributed by atoms with Gasteiger partial charge in [-0.2, -0.15) is 0 Å². The molecule has 1 saturated heterocycles. The van der Waals surface area contributed by atoms with Crippen LogP contribution in [0.15, 0.2) is 85.9 Å². The minimum atomic E-state index is -1.57. The number of aromatic hydroxyl groups is 1. The quantitative estimate of drug-likeness (QED) is 0.194. The van der Waals surface area contributed by atoms with Crippen LogP contribution in [0.3, 0.4) is 0 Å². The molecule has 1 atom stereocenters. The van der Waals surface area contributed by atoms with E-state index in [1.54, 1.807) is 36.4 Å². The predicted octanol–water partition coefficient (Wildman–Crippen LogP) is 2.21. The number of aromatic amines is 2. The van der Waals surface area contributed by atoms with Gasteiger partial charge in [0.1, 0.15) is 12.3 Å². The molecule has 1 unspecified atom stereocenters. The lowest BCUT2D eigenvalue weighted by atomic mass is 9.85. The fraction of sp³-hybridized carbons (Fsp3) is 0.235. The summed E-state index contributed by atoms with van der Waals surface area (Å²) in [5, 5.41) is 26.5. The molecule has 1 aliphatic rings. The zero-order chi connectivity index (χ0) is 34.1. The lowest BCUT2D eigenvalue weighted by molar-refractivity contribution is -0.918.